The molecule has 0 saturated carbocycles. The molecule has 0 aliphatic rings. The van der Waals surface area contributed by atoms with E-state index in [2.05, 4.69) is 31.2 Å². The van der Waals surface area contributed by atoms with Crippen LogP contribution in [0.4, 0.5) is 0 Å². The van der Waals surface area contributed by atoms with Gasteiger partial charge in [0.25, 0.3) is 0 Å². The largest absolute Gasteiger partial charge is 0.495 e. The molecular formula is C14H16BrN3O2. The fourth-order valence-electron chi connectivity index (χ4n) is 2.03. The molecule has 0 radical (unpaired) electrons. The van der Waals surface area contributed by atoms with Crippen LogP contribution in [-0.4, -0.2) is 31.2 Å². The second-order valence-corrected chi connectivity index (χ2v) is 4.83. The lowest BCUT2D eigenvalue weighted by Gasteiger charge is -2.20. The minimum atomic E-state index is -0.159. The summed E-state index contributed by atoms with van der Waals surface area (Å²) in [6.45, 7) is 0. The molecule has 1 aromatic heterocycles. The highest BCUT2D eigenvalue weighted by Gasteiger charge is 2.22. The fourth-order valence-corrected chi connectivity index (χ4v) is 2.71. The van der Waals surface area contributed by atoms with Crippen molar-refractivity contribution < 1.29 is 9.47 Å². The van der Waals surface area contributed by atoms with Crippen LogP contribution >= 0.6 is 15.9 Å². The van der Waals surface area contributed by atoms with Crippen LogP contribution in [0.25, 0.3) is 0 Å². The molecule has 2 aromatic rings. The molecule has 2 rings (SSSR count). The smallest absolute Gasteiger partial charge is 0.149 e. The first-order valence-corrected chi connectivity index (χ1v) is 6.86. The molecule has 0 aliphatic heterocycles. The SMILES string of the molecule is CNC(c1ncccn1)c1ccc(OC)c(Br)c1OC. The Morgan fingerprint density at radius 1 is 1.15 bits per heavy atom. The molecule has 1 atom stereocenters. The zero-order valence-electron chi connectivity index (χ0n) is 11.6. The third kappa shape index (κ3) is 2.76. The van der Waals surface area contributed by atoms with Gasteiger partial charge in [0.1, 0.15) is 21.8 Å². The van der Waals surface area contributed by atoms with Gasteiger partial charge < -0.3 is 14.8 Å². The molecule has 5 nitrogen and oxygen atoms in total. The van der Waals surface area contributed by atoms with E-state index in [0.717, 1.165) is 15.8 Å². The number of nitrogens with one attached hydrogen (secondary N) is 1. The molecule has 1 aromatic carbocycles. The molecule has 0 fully saturated rings. The molecule has 0 bridgehead atoms. The van der Waals surface area contributed by atoms with E-state index in [9.17, 15) is 0 Å². The molecule has 106 valence electrons. The zero-order valence-corrected chi connectivity index (χ0v) is 13.1. The van der Waals surface area contributed by atoms with Gasteiger partial charge in [-0.2, -0.15) is 0 Å². The topological polar surface area (TPSA) is 56.3 Å². The van der Waals surface area contributed by atoms with E-state index in [1.807, 2.05) is 19.2 Å². The summed E-state index contributed by atoms with van der Waals surface area (Å²) in [5, 5.41) is 3.21. The van der Waals surface area contributed by atoms with Gasteiger partial charge >= 0.3 is 0 Å². The number of methoxy groups -OCH3 is 2. The minimum absolute atomic E-state index is 0.159. The van der Waals surface area contributed by atoms with E-state index >= 15 is 0 Å². The number of hydrogen-bond acceptors (Lipinski definition) is 5. The number of halogens is 1. The molecule has 0 amide bonds. The lowest BCUT2D eigenvalue weighted by molar-refractivity contribution is 0.383. The molecular weight excluding hydrogens is 322 g/mol. The second-order valence-electron chi connectivity index (χ2n) is 4.03. The first-order chi connectivity index (χ1) is 9.72. The summed E-state index contributed by atoms with van der Waals surface area (Å²) in [6.07, 6.45) is 3.44. The van der Waals surface area contributed by atoms with Gasteiger partial charge in [0, 0.05) is 18.0 Å². The second kappa shape index (κ2) is 6.67. The van der Waals surface area contributed by atoms with Crippen molar-refractivity contribution in [3.8, 4) is 11.5 Å². The van der Waals surface area contributed by atoms with Gasteiger partial charge in [-0.3, -0.25) is 0 Å². The average molecular weight is 338 g/mol. The third-order valence-electron chi connectivity index (χ3n) is 2.96. The van der Waals surface area contributed by atoms with E-state index < -0.39 is 0 Å². The summed E-state index contributed by atoms with van der Waals surface area (Å²) in [6, 6.07) is 5.46. The van der Waals surface area contributed by atoms with Crippen molar-refractivity contribution in [2.45, 2.75) is 6.04 Å². The molecule has 1 unspecified atom stereocenters. The first-order valence-electron chi connectivity index (χ1n) is 6.07. The van der Waals surface area contributed by atoms with Crippen LogP contribution in [0.5, 0.6) is 11.5 Å². The monoisotopic (exact) mass is 337 g/mol. The summed E-state index contributed by atoms with van der Waals surface area (Å²) in [5.41, 5.74) is 0.939. The molecule has 1 heterocycles. The van der Waals surface area contributed by atoms with Crippen molar-refractivity contribution in [3.05, 3.63) is 46.5 Å². The maximum atomic E-state index is 5.50. The summed E-state index contributed by atoms with van der Waals surface area (Å²) in [5.74, 6) is 2.11. The molecule has 20 heavy (non-hydrogen) atoms. The lowest BCUT2D eigenvalue weighted by Crippen LogP contribution is -2.21. The summed E-state index contributed by atoms with van der Waals surface area (Å²) in [4.78, 5) is 8.60. The highest BCUT2D eigenvalue weighted by molar-refractivity contribution is 9.10. The minimum Gasteiger partial charge on any atom is -0.495 e. The third-order valence-corrected chi connectivity index (χ3v) is 3.71. The van der Waals surface area contributed by atoms with Crippen LogP contribution in [0.3, 0.4) is 0 Å². The molecule has 1 N–H and O–H groups in total. The Hall–Kier alpha value is -1.66. The standard InChI is InChI=1S/C14H16BrN3O2/c1-16-12(14-17-7-4-8-18-14)9-5-6-10(19-2)11(15)13(9)20-3/h4-8,12,16H,1-3H3. The number of benzene rings is 1. The van der Waals surface area contributed by atoms with Gasteiger partial charge in [0.15, 0.2) is 0 Å². The van der Waals surface area contributed by atoms with Gasteiger partial charge in [0.2, 0.25) is 0 Å². The van der Waals surface area contributed by atoms with Crippen LogP contribution in [0.1, 0.15) is 17.4 Å². The van der Waals surface area contributed by atoms with E-state index in [-0.39, 0.29) is 6.04 Å². The Kier molecular flexibility index (Phi) is 4.92. The van der Waals surface area contributed by atoms with Gasteiger partial charge in [-0.25, -0.2) is 9.97 Å². The lowest BCUT2D eigenvalue weighted by atomic mass is 10.0. The Morgan fingerprint density at radius 3 is 2.40 bits per heavy atom. The van der Waals surface area contributed by atoms with Crippen molar-refractivity contribution in [1.82, 2.24) is 15.3 Å². The van der Waals surface area contributed by atoms with Crippen molar-refractivity contribution in [2.75, 3.05) is 21.3 Å². The predicted molar refractivity (Wildman–Crippen MR) is 80.2 cm³/mol. The number of rotatable bonds is 5. The molecule has 0 saturated heterocycles. The summed E-state index contributed by atoms with van der Waals surface area (Å²) < 4.78 is 11.6. The Morgan fingerprint density at radius 2 is 1.85 bits per heavy atom. The van der Waals surface area contributed by atoms with Crippen LogP contribution < -0.4 is 14.8 Å². The van der Waals surface area contributed by atoms with E-state index in [1.165, 1.54) is 0 Å². The van der Waals surface area contributed by atoms with E-state index in [1.54, 1.807) is 32.7 Å². The van der Waals surface area contributed by atoms with Crippen molar-refractivity contribution in [2.24, 2.45) is 0 Å². The van der Waals surface area contributed by atoms with E-state index in [0.29, 0.717) is 11.6 Å². The normalized spacial score (nSPS) is 12.0. The summed E-state index contributed by atoms with van der Waals surface area (Å²) >= 11 is 3.50. The number of aromatic nitrogens is 2. The Balaban J connectivity index is 2.53. The summed E-state index contributed by atoms with van der Waals surface area (Å²) in [7, 11) is 5.11. The Bertz CT molecular complexity index is 578. The maximum absolute atomic E-state index is 5.50. The van der Waals surface area contributed by atoms with Crippen LogP contribution in [0, 0.1) is 0 Å². The molecule has 0 spiro atoms. The average Bonchev–Trinajstić information content (AvgIpc) is 2.49. The van der Waals surface area contributed by atoms with Crippen LogP contribution in [0.2, 0.25) is 0 Å². The highest BCUT2D eigenvalue weighted by atomic mass is 79.9. The zero-order chi connectivity index (χ0) is 14.5. The van der Waals surface area contributed by atoms with E-state index in [4.69, 9.17) is 9.47 Å². The fraction of sp³-hybridized carbons (Fsp3) is 0.286. The van der Waals surface area contributed by atoms with Gasteiger partial charge in [-0.15, -0.1) is 0 Å². The van der Waals surface area contributed by atoms with Gasteiger partial charge in [-0.1, -0.05) is 0 Å². The highest BCUT2D eigenvalue weighted by Crippen LogP contribution is 2.40. The van der Waals surface area contributed by atoms with Crippen molar-refractivity contribution in [3.63, 3.8) is 0 Å². The Labute approximate surface area is 126 Å². The van der Waals surface area contributed by atoms with Crippen LogP contribution in [0.15, 0.2) is 35.1 Å². The quantitative estimate of drug-likeness (QED) is 0.908. The number of hydrogen-bond donors (Lipinski definition) is 1. The van der Waals surface area contributed by atoms with Gasteiger partial charge in [-0.05, 0) is 41.2 Å². The molecule has 0 aliphatic carbocycles. The number of ether oxygens (including phenoxy) is 2. The van der Waals surface area contributed by atoms with Gasteiger partial charge in [0.05, 0.1) is 20.3 Å². The van der Waals surface area contributed by atoms with Crippen molar-refractivity contribution >= 4 is 15.9 Å². The molecule has 6 heteroatoms. The maximum Gasteiger partial charge on any atom is 0.149 e. The van der Waals surface area contributed by atoms with Crippen LogP contribution in [-0.2, 0) is 0 Å². The van der Waals surface area contributed by atoms with Crippen molar-refractivity contribution in [1.29, 1.82) is 0 Å². The predicted octanol–water partition coefficient (Wildman–Crippen LogP) is 2.57. The first kappa shape index (κ1) is 14.7. The number of nitrogens with zero attached hydrogens (tertiary/aromatic N) is 2.